The summed E-state index contributed by atoms with van der Waals surface area (Å²) in [4.78, 5) is 35.7. The van der Waals surface area contributed by atoms with E-state index in [0.717, 1.165) is 0 Å². The highest BCUT2D eigenvalue weighted by molar-refractivity contribution is 5.96. The van der Waals surface area contributed by atoms with Crippen LogP contribution in [0.1, 0.15) is 36.5 Å². The molecule has 0 radical (unpaired) electrons. The first-order valence-electron chi connectivity index (χ1n) is 7.14. The van der Waals surface area contributed by atoms with Crippen LogP contribution in [0.15, 0.2) is 24.3 Å². The summed E-state index contributed by atoms with van der Waals surface area (Å²) in [7, 11) is 1.55. The third kappa shape index (κ3) is 5.55. The monoisotopic (exact) mass is 307 g/mol. The fourth-order valence-corrected chi connectivity index (χ4v) is 2.02. The Bertz CT molecular complexity index is 524. The molecule has 1 aromatic rings. The van der Waals surface area contributed by atoms with Crippen LogP contribution in [0.4, 0.5) is 0 Å². The summed E-state index contributed by atoms with van der Waals surface area (Å²) < 4.78 is 5.02. The van der Waals surface area contributed by atoms with E-state index in [0.29, 0.717) is 24.3 Å². The molecule has 0 fully saturated rings. The second-order valence-corrected chi connectivity index (χ2v) is 4.81. The zero-order valence-corrected chi connectivity index (χ0v) is 12.9. The third-order valence-electron chi connectivity index (χ3n) is 3.27. The number of nitrogens with zero attached hydrogens (tertiary/aromatic N) is 1. The zero-order valence-electron chi connectivity index (χ0n) is 12.9. The summed E-state index contributed by atoms with van der Waals surface area (Å²) in [5.74, 6) is -0.646. The molecule has 0 aliphatic heterocycles. The van der Waals surface area contributed by atoms with Crippen LogP contribution in [0.25, 0.3) is 0 Å². The Morgan fingerprint density at radius 3 is 2.27 bits per heavy atom. The topological polar surface area (TPSA) is 83.9 Å². The van der Waals surface area contributed by atoms with Crippen LogP contribution in [0.2, 0.25) is 0 Å². The number of rotatable bonds is 9. The number of aliphatic carboxylic acids is 1. The summed E-state index contributed by atoms with van der Waals surface area (Å²) in [5.41, 5.74) is 0.575. The van der Waals surface area contributed by atoms with Gasteiger partial charge in [-0.1, -0.05) is 0 Å². The first kappa shape index (κ1) is 17.7. The van der Waals surface area contributed by atoms with Gasteiger partial charge >= 0.3 is 5.97 Å². The predicted molar refractivity (Wildman–Crippen MR) is 81.1 cm³/mol. The molecule has 22 heavy (non-hydrogen) atoms. The number of carbonyl (C=O) groups is 3. The Hall–Kier alpha value is -2.37. The summed E-state index contributed by atoms with van der Waals surface area (Å²) in [5, 5.41) is 8.71. The molecule has 0 aliphatic carbocycles. The largest absolute Gasteiger partial charge is 0.497 e. The quantitative estimate of drug-likeness (QED) is 0.705. The van der Waals surface area contributed by atoms with Crippen LogP contribution in [0.3, 0.4) is 0 Å². The zero-order chi connectivity index (χ0) is 16.5. The average Bonchev–Trinajstić information content (AvgIpc) is 2.52. The average molecular weight is 307 g/mol. The van der Waals surface area contributed by atoms with Gasteiger partial charge < -0.3 is 14.7 Å². The van der Waals surface area contributed by atoms with Gasteiger partial charge in [-0.05, 0) is 37.6 Å². The number of carboxylic acids is 1. The lowest BCUT2D eigenvalue weighted by molar-refractivity contribution is -0.144. The maximum absolute atomic E-state index is 12.0. The Morgan fingerprint density at radius 1 is 1.14 bits per heavy atom. The predicted octanol–water partition coefficient (Wildman–Crippen LogP) is 1.98. The van der Waals surface area contributed by atoms with Crippen LogP contribution in [-0.2, 0) is 9.59 Å². The maximum atomic E-state index is 12.0. The molecule has 6 heteroatoms. The van der Waals surface area contributed by atoms with Gasteiger partial charge in [0.05, 0.1) is 7.11 Å². The number of ketones is 1. The Labute approximate surface area is 129 Å². The number of hydrogen-bond acceptors (Lipinski definition) is 4. The van der Waals surface area contributed by atoms with Crippen molar-refractivity contribution in [2.75, 3.05) is 20.2 Å². The summed E-state index contributed by atoms with van der Waals surface area (Å²) in [6.45, 7) is 1.77. The Morgan fingerprint density at radius 2 is 1.77 bits per heavy atom. The third-order valence-corrected chi connectivity index (χ3v) is 3.27. The molecule has 1 N–H and O–H groups in total. The summed E-state index contributed by atoms with van der Waals surface area (Å²) >= 11 is 0. The molecule has 0 saturated heterocycles. The molecule has 0 unspecified atom stereocenters. The van der Waals surface area contributed by atoms with Crippen molar-refractivity contribution in [3.63, 3.8) is 0 Å². The molecule has 120 valence electrons. The van der Waals surface area contributed by atoms with Crippen molar-refractivity contribution < 1.29 is 24.2 Å². The number of amides is 1. The standard InChI is InChI=1S/C16H21NO5/c1-3-17(11-16(20)21)15(19)6-4-5-14(18)12-7-9-13(22-2)10-8-12/h7-10H,3-6,11H2,1-2H3,(H,20,21). The molecule has 0 bridgehead atoms. The van der Waals surface area contributed by atoms with Crippen molar-refractivity contribution in [1.29, 1.82) is 0 Å². The highest BCUT2D eigenvalue weighted by Gasteiger charge is 2.15. The molecule has 0 aromatic heterocycles. The molecule has 1 rings (SSSR count). The lowest BCUT2D eigenvalue weighted by Gasteiger charge is -2.18. The minimum absolute atomic E-state index is 0.0447. The Balaban J connectivity index is 2.43. The second kappa shape index (κ2) is 8.81. The van der Waals surface area contributed by atoms with Crippen molar-refractivity contribution in [2.45, 2.75) is 26.2 Å². The SMILES string of the molecule is CCN(CC(=O)O)C(=O)CCCC(=O)c1ccc(OC)cc1. The first-order chi connectivity index (χ1) is 10.5. The lowest BCUT2D eigenvalue weighted by Crippen LogP contribution is -2.35. The smallest absolute Gasteiger partial charge is 0.323 e. The number of benzene rings is 1. The van der Waals surface area contributed by atoms with E-state index in [1.807, 2.05) is 0 Å². The fourth-order valence-electron chi connectivity index (χ4n) is 2.02. The highest BCUT2D eigenvalue weighted by Crippen LogP contribution is 2.14. The number of likely N-dealkylation sites (N-methyl/N-ethyl adjacent to an activating group) is 1. The second-order valence-electron chi connectivity index (χ2n) is 4.81. The molecule has 0 saturated carbocycles. The molecular weight excluding hydrogens is 286 g/mol. The van der Waals surface area contributed by atoms with Crippen molar-refractivity contribution in [1.82, 2.24) is 4.90 Å². The molecular formula is C16H21NO5. The van der Waals surface area contributed by atoms with Gasteiger partial charge in [-0.25, -0.2) is 0 Å². The minimum Gasteiger partial charge on any atom is -0.497 e. The van der Waals surface area contributed by atoms with Crippen LogP contribution in [0.5, 0.6) is 5.75 Å². The maximum Gasteiger partial charge on any atom is 0.323 e. The van der Waals surface area contributed by atoms with Crippen molar-refractivity contribution >= 4 is 17.7 Å². The van der Waals surface area contributed by atoms with Gasteiger partial charge in [0.2, 0.25) is 5.91 Å². The molecule has 0 aliphatic rings. The molecule has 0 heterocycles. The molecule has 1 amide bonds. The minimum atomic E-state index is -1.04. The van der Waals surface area contributed by atoms with Gasteiger partial charge in [0, 0.05) is 24.9 Å². The molecule has 0 spiro atoms. The van der Waals surface area contributed by atoms with Crippen LogP contribution >= 0.6 is 0 Å². The number of carbonyl (C=O) groups excluding carboxylic acids is 2. The Kier molecular flexibility index (Phi) is 7.08. The summed E-state index contributed by atoms with van der Waals surface area (Å²) in [6, 6.07) is 6.80. The van der Waals surface area contributed by atoms with E-state index in [9.17, 15) is 14.4 Å². The number of ether oxygens (including phenoxy) is 1. The van der Waals surface area contributed by atoms with Crippen LogP contribution in [0, 0.1) is 0 Å². The number of hydrogen-bond donors (Lipinski definition) is 1. The van der Waals surface area contributed by atoms with E-state index in [1.165, 1.54) is 4.90 Å². The molecule has 1 aromatic carbocycles. The van der Waals surface area contributed by atoms with Gasteiger partial charge in [0.25, 0.3) is 0 Å². The molecule has 0 atom stereocenters. The first-order valence-corrected chi connectivity index (χ1v) is 7.14. The van der Waals surface area contributed by atoms with E-state index in [4.69, 9.17) is 9.84 Å². The van der Waals surface area contributed by atoms with Gasteiger partial charge in [-0.3, -0.25) is 14.4 Å². The van der Waals surface area contributed by atoms with E-state index in [1.54, 1.807) is 38.3 Å². The van der Waals surface area contributed by atoms with E-state index >= 15 is 0 Å². The van der Waals surface area contributed by atoms with Crippen molar-refractivity contribution in [2.24, 2.45) is 0 Å². The molecule has 6 nitrogen and oxygen atoms in total. The van der Waals surface area contributed by atoms with Crippen molar-refractivity contribution in [3.05, 3.63) is 29.8 Å². The fraction of sp³-hybridized carbons (Fsp3) is 0.438. The van der Waals surface area contributed by atoms with Crippen LogP contribution < -0.4 is 4.74 Å². The van der Waals surface area contributed by atoms with E-state index in [-0.39, 0.29) is 31.1 Å². The van der Waals surface area contributed by atoms with Gasteiger partial charge in [-0.15, -0.1) is 0 Å². The van der Waals surface area contributed by atoms with E-state index in [2.05, 4.69) is 0 Å². The summed E-state index contributed by atoms with van der Waals surface area (Å²) in [6.07, 6.45) is 0.825. The number of methoxy groups -OCH3 is 1. The van der Waals surface area contributed by atoms with Gasteiger partial charge in [-0.2, -0.15) is 0 Å². The normalized spacial score (nSPS) is 10.1. The van der Waals surface area contributed by atoms with Gasteiger partial charge in [0.1, 0.15) is 12.3 Å². The van der Waals surface area contributed by atoms with Gasteiger partial charge in [0.15, 0.2) is 5.78 Å². The highest BCUT2D eigenvalue weighted by atomic mass is 16.5. The van der Waals surface area contributed by atoms with Crippen molar-refractivity contribution in [3.8, 4) is 5.75 Å². The van der Waals surface area contributed by atoms with E-state index < -0.39 is 5.97 Å². The van der Waals surface area contributed by atoms with Crippen LogP contribution in [-0.4, -0.2) is 47.9 Å². The number of carboxylic acid groups (broad SMARTS) is 1. The lowest BCUT2D eigenvalue weighted by atomic mass is 10.1. The number of Topliss-reactive ketones (excluding diaryl/α,β-unsaturated/α-hetero) is 1.